The first kappa shape index (κ1) is 13.5. The van der Waals surface area contributed by atoms with Crippen molar-refractivity contribution in [2.45, 2.75) is 13.0 Å². The third-order valence-corrected chi connectivity index (χ3v) is 3.82. The summed E-state index contributed by atoms with van der Waals surface area (Å²) in [7, 11) is 0. The minimum atomic E-state index is -0.338. The van der Waals surface area contributed by atoms with Gasteiger partial charge in [0.25, 0.3) is 5.91 Å². The van der Waals surface area contributed by atoms with Crippen LogP contribution in [0, 0.1) is 11.8 Å². The van der Waals surface area contributed by atoms with E-state index in [-0.39, 0.29) is 18.7 Å². The topological polar surface area (TPSA) is 60.5 Å². The van der Waals surface area contributed by atoms with Gasteiger partial charge in [0, 0.05) is 23.1 Å². The molecular weight excluding hydrogens is 288 g/mol. The van der Waals surface area contributed by atoms with E-state index in [1.54, 1.807) is 24.4 Å². The van der Waals surface area contributed by atoms with E-state index in [1.165, 1.54) is 11.3 Å². The first-order chi connectivity index (χ1) is 10.2. The van der Waals surface area contributed by atoms with Gasteiger partial charge in [0.05, 0.1) is 6.04 Å². The van der Waals surface area contributed by atoms with Crippen molar-refractivity contribution in [2.24, 2.45) is 0 Å². The molecule has 5 nitrogen and oxygen atoms in total. The lowest BCUT2D eigenvalue weighted by molar-refractivity contribution is -0.116. The minimum absolute atomic E-state index is 0.149. The van der Waals surface area contributed by atoms with Crippen LogP contribution in [0.3, 0.4) is 0 Å². The molecule has 0 aliphatic carbocycles. The van der Waals surface area contributed by atoms with Crippen LogP contribution in [0.2, 0.25) is 0 Å². The number of amides is 1. The van der Waals surface area contributed by atoms with E-state index in [0.717, 1.165) is 5.01 Å². The number of hydrogen-bond acceptors (Lipinski definition) is 5. The average molecular weight is 300 g/mol. The van der Waals surface area contributed by atoms with Gasteiger partial charge >= 0.3 is 0 Å². The molecule has 1 atom stereocenters. The lowest BCUT2D eigenvalue weighted by Gasteiger charge is -2.07. The zero-order valence-corrected chi connectivity index (χ0v) is 12.1. The predicted octanol–water partition coefficient (Wildman–Crippen LogP) is 2.10. The van der Waals surface area contributed by atoms with Crippen LogP contribution in [-0.4, -0.2) is 17.7 Å². The highest BCUT2D eigenvalue weighted by Crippen LogP contribution is 2.32. The van der Waals surface area contributed by atoms with Crippen LogP contribution in [0.25, 0.3) is 0 Å². The monoisotopic (exact) mass is 300 g/mol. The molecular formula is C15H12N2O3S. The van der Waals surface area contributed by atoms with Crippen molar-refractivity contribution in [3.63, 3.8) is 0 Å². The van der Waals surface area contributed by atoms with Gasteiger partial charge in [-0.3, -0.25) is 4.79 Å². The van der Waals surface area contributed by atoms with Crippen LogP contribution in [0.15, 0.2) is 29.8 Å². The summed E-state index contributed by atoms with van der Waals surface area (Å²) in [6, 6.07) is 5.18. The predicted molar refractivity (Wildman–Crippen MR) is 78.1 cm³/mol. The maximum absolute atomic E-state index is 11.8. The Labute approximate surface area is 125 Å². The lowest BCUT2D eigenvalue weighted by Crippen LogP contribution is -2.24. The molecule has 1 aliphatic rings. The molecule has 0 bridgehead atoms. The van der Waals surface area contributed by atoms with E-state index in [1.807, 2.05) is 12.3 Å². The molecule has 1 aromatic heterocycles. The largest absolute Gasteiger partial charge is 0.454 e. The smallest absolute Gasteiger partial charge is 0.296 e. The van der Waals surface area contributed by atoms with Gasteiger partial charge in [-0.1, -0.05) is 5.92 Å². The molecule has 0 saturated carbocycles. The zero-order chi connectivity index (χ0) is 14.7. The number of nitrogens with zero attached hydrogens (tertiary/aromatic N) is 1. The van der Waals surface area contributed by atoms with Crippen molar-refractivity contribution >= 4 is 17.2 Å². The van der Waals surface area contributed by atoms with Crippen LogP contribution in [0.1, 0.15) is 23.5 Å². The number of carbonyl (C=O) groups excluding carboxylic acids is 1. The van der Waals surface area contributed by atoms with E-state index in [0.29, 0.717) is 17.1 Å². The first-order valence-electron chi connectivity index (χ1n) is 6.34. The Hall–Kier alpha value is -2.52. The first-order valence-corrected chi connectivity index (χ1v) is 7.22. The SMILES string of the molecule is C[C@@H](NC(=O)C#Cc1ccc2c(c1)OCO2)c1nccs1. The summed E-state index contributed by atoms with van der Waals surface area (Å²) >= 11 is 1.50. The van der Waals surface area contributed by atoms with Crippen molar-refractivity contribution in [1.82, 2.24) is 10.3 Å². The molecule has 1 aromatic carbocycles. The van der Waals surface area contributed by atoms with Gasteiger partial charge in [0.15, 0.2) is 11.5 Å². The molecule has 2 heterocycles. The maximum atomic E-state index is 11.8. The van der Waals surface area contributed by atoms with Gasteiger partial charge in [0.1, 0.15) is 5.01 Å². The number of thiazole rings is 1. The molecule has 3 rings (SSSR count). The molecule has 2 aromatic rings. The van der Waals surface area contributed by atoms with E-state index in [4.69, 9.17) is 9.47 Å². The van der Waals surface area contributed by atoms with Crippen molar-refractivity contribution < 1.29 is 14.3 Å². The fourth-order valence-electron chi connectivity index (χ4n) is 1.85. The summed E-state index contributed by atoms with van der Waals surface area (Å²) in [5.74, 6) is 6.38. The Kier molecular flexibility index (Phi) is 3.75. The molecule has 0 radical (unpaired) electrons. The second-order valence-electron chi connectivity index (χ2n) is 4.38. The van der Waals surface area contributed by atoms with E-state index >= 15 is 0 Å². The highest BCUT2D eigenvalue weighted by molar-refractivity contribution is 7.09. The molecule has 0 saturated heterocycles. The number of hydrogen-bond donors (Lipinski definition) is 1. The zero-order valence-electron chi connectivity index (χ0n) is 11.3. The lowest BCUT2D eigenvalue weighted by atomic mass is 10.2. The highest BCUT2D eigenvalue weighted by Gasteiger charge is 2.13. The third-order valence-electron chi connectivity index (χ3n) is 2.86. The third kappa shape index (κ3) is 3.15. The van der Waals surface area contributed by atoms with Crippen LogP contribution in [-0.2, 0) is 4.79 Å². The van der Waals surface area contributed by atoms with E-state index < -0.39 is 0 Å². The molecule has 6 heteroatoms. The number of ether oxygens (including phenoxy) is 2. The van der Waals surface area contributed by atoms with Crippen LogP contribution in [0.4, 0.5) is 0 Å². The number of aromatic nitrogens is 1. The Morgan fingerprint density at radius 1 is 1.43 bits per heavy atom. The average Bonchev–Trinajstić information content (AvgIpc) is 3.15. The summed E-state index contributed by atoms with van der Waals surface area (Å²) in [6.45, 7) is 2.09. The summed E-state index contributed by atoms with van der Waals surface area (Å²) < 4.78 is 10.5. The van der Waals surface area contributed by atoms with Gasteiger partial charge in [-0.2, -0.15) is 0 Å². The van der Waals surface area contributed by atoms with Crippen molar-refractivity contribution in [3.05, 3.63) is 40.3 Å². The van der Waals surface area contributed by atoms with Gasteiger partial charge < -0.3 is 14.8 Å². The maximum Gasteiger partial charge on any atom is 0.296 e. The summed E-state index contributed by atoms with van der Waals surface area (Å²) in [6.07, 6.45) is 1.71. The quantitative estimate of drug-likeness (QED) is 0.863. The number of fused-ring (bicyclic) bond motifs is 1. The van der Waals surface area contributed by atoms with E-state index in [9.17, 15) is 4.79 Å². The second-order valence-corrected chi connectivity index (χ2v) is 5.31. The molecule has 0 fully saturated rings. The number of nitrogens with one attached hydrogen (secondary N) is 1. The summed E-state index contributed by atoms with van der Waals surface area (Å²) in [5.41, 5.74) is 0.705. The standard InChI is InChI=1S/C15H12N2O3S/c1-10(15-16-6-7-21-15)17-14(18)5-3-11-2-4-12-13(8-11)20-9-19-12/h2,4,6-8,10H,9H2,1H3,(H,17,18)/t10-/m1/s1. The van der Waals surface area contributed by atoms with Crippen molar-refractivity contribution in [1.29, 1.82) is 0 Å². The Balaban J connectivity index is 1.65. The van der Waals surface area contributed by atoms with Gasteiger partial charge in [-0.25, -0.2) is 4.98 Å². The number of rotatable bonds is 2. The Morgan fingerprint density at radius 2 is 2.29 bits per heavy atom. The Morgan fingerprint density at radius 3 is 3.10 bits per heavy atom. The molecule has 1 amide bonds. The van der Waals surface area contributed by atoms with Gasteiger partial charge in [-0.15, -0.1) is 11.3 Å². The normalized spacial score (nSPS) is 13.2. The summed E-state index contributed by atoms with van der Waals surface area (Å²) in [5, 5.41) is 5.51. The highest BCUT2D eigenvalue weighted by atomic mass is 32.1. The van der Waals surface area contributed by atoms with Crippen LogP contribution >= 0.6 is 11.3 Å². The van der Waals surface area contributed by atoms with E-state index in [2.05, 4.69) is 22.1 Å². The molecule has 1 aliphatic heterocycles. The van der Waals surface area contributed by atoms with Crippen molar-refractivity contribution in [3.8, 4) is 23.3 Å². The molecule has 1 N–H and O–H groups in total. The molecule has 106 valence electrons. The fraction of sp³-hybridized carbons (Fsp3) is 0.200. The van der Waals surface area contributed by atoms with Gasteiger partial charge in [0.2, 0.25) is 6.79 Å². The molecule has 0 unspecified atom stereocenters. The second kappa shape index (κ2) is 5.85. The molecule has 21 heavy (non-hydrogen) atoms. The van der Waals surface area contributed by atoms with Crippen molar-refractivity contribution in [2.75, 3.05) is 6.79 Å². The minimum Gasteiger partial charge on any atom is -0.454 e. The van der Waals surface area contributed by atoms with Gasteiger partial charge in [-0.05, 0) is 25.1 Å². The number of benzene rings is 1. The molecule has 0 spiro atoms. The fourth-order valence-corrected chi connectivity index (χ4v) is 2.49. The summed E-state index contributed by atoms with van der Waals surface area (Å²) in [4.78, 5) is 15.9. The Bertz CT molecular complexity index is 716. The number of carbonyl (C=O) groups is 1. The van der Waals surface area contributed by atoms with Crippen LogP contribution in [0.5, 0.6) is 11.5 Å². The van der Waals surface area contributed by atoms with Crippen LogP contribution < -0.4 is 14.8 Å².